The fourth-order valence-corrected chi connectivity index (χ4v) is 2.46. The summed E-state index contributed by atoms with van der Waals surface area (Å²) in [6, 6.07) is 0. The van der Waals surface area contributed by atoms with Crippen LogP contribution in [-0.2, 0) is 6.42 Å². The molecule has 16 heavy (non-hydrogen) atoms. The van der Waals surface area contributed by atoms with Crippen molar-refractivity contribution in [1.82, 2.24) is 14.9 Å². The smallest absolute Gasteiger partial charge is 0.150 e. The van der Waals surface area contributed by atoms with Gasteiger partial charge >= 0.3 is 0 Å². The predicted octanol–water partition coefficient (Wildman–Crippen LogP) is 2.40. The van der Waals surface area contributed by atoms with E-state index in [9.17, 15) is 0 Å². The third-order valence-corrected chi connectivity index (χ3v) is 3.59. The van der Waals surface area contributed by atoms with Crippen LogP contribution in [0, 0.1) is 5.92 Å². The zero-order valence-corrected chi connectivity index (χ0v) is 10.5. The molecule has 88 valence electrons. The van der Waals surface area contributed by atoms with Crippen molar-refractivity contribution in [3.8, 4) is 0 Å². The van der Waals surface area contributed by atoms with Crippen LogP contribution in [0.15, 0.2) is 12.4 Å². The molecule has 3 nitrogen and oxygen atoms in total. The van der Waals surface area contributed by atoms with Crippen LogP contribution < -0.4 is 0 Å². The minimum atomic E-state index is 0.570. The van der Waals surface area contributed by atoms with E-state index in [-0.39, 0.29) is 0 Å². The van der Waals surface area contributed by atoms with E-state index in [1.165, 1.54) is 32.4 Å². The molecule has 2 heterocycles. The summed E-state index contributed by atoms with van der Waals surface area (Å²) in [5, 5.41) is 0.570. The second kappa shape index (κ2) is 5.60. The SMILES string of the molecule is CN1CCC[C@H](Cc2nccnc2Cl)CC1. The van der Waals surface area contributed by atoms with E-state index in [4.69, 9.17) is 11.6 Å². The van der Waals surface area contributed by atoms with Gasteiger partial charge in [-0.3, -0.25) is 4.98 Å². The molecular weight excluding hydrogens is 222 g/mol. The molecule has 0 radical (unpaired) electrons. The molecule has 2 rings (SSSR count). The van der Waals surface area contributed by atoms with Crippen LogP contribution in [0.4, 0.5) is 0 Å². The third kappa shape index (κ3) is 3.16. The van der Waals surface area contributed by atoms with E-state index >= 15 is 0 Å². The Kier molecular flexibility index (Phi) is 4.13. The highest BCUT2D eigenvalue weighted by Gasteiger charge is 2.17. The van der Waals surface area contributed by atoms with Crippen molar-refractivity contribution >= 4 is 11.6 Å². The quantitative estimate of drug-likeness (QED) is 0.794. The summed E-state index contributed by atoms with van der Waals surface area (Å²) in [7, 11) is 2.19. The Labute approximate surface area is 102 Å². The molecule has 0 bridgehead atoms. The highest BCUT2D eigenvalue weighted by molar-refractivity contribution is 6.29. The molecule has 1 aromatic heterocycles. The van der Waals surface area contributed by atoms with Gasteiger partial charge in [0.05, 0.1) is 5.69 Å². The first kappa shape index (κ1) is 11.8. The Morgan fingerprint density at radius 2 is 2.12 bits per heavy atom. The maximum absolute atomic E-state index is 6.03. The summed E-state index contributed by atoms with van der Waals surface area (Å²) in [6.45, 7) is 2.40. The lowest BCUT2D eigenvalue weighted by Gasteiger charge is -2.14. The van der Waals surface area contributed by atoms with Gasteiger partial charge in [0.1, 0.15) is 5.15 Å². The first-order valence-electron chi connectivity index (χ1n) is 5.89. The predicted molar refractivity (Wildman–Crippen MR) is 65.6 cm³/mol. The van der Waals surface area contributed by atoms with Crippen molar-refractivity contribution < 1.29 is 0 Å². The Bertz CT molecular complexity index is 343. The fraction of sp³-hybridized carbons (Fsp3) is 0.667. The number of aromatic nitrogens is 2. The van der Waals surface area contributed by atoms with Crippen LogP contribution in [0.5, 0.6) is 0 Å². The largest absolute Gasteiger partial charge is 0.306 e. The van der Waals surface area contributed by atoms with Crippen molar-refractivity contribution in [2.75, 3.05) is 20.1 Å². The average molecular weight is 240 g/mol. The first-order chi connectivity index (χ1) is 7.75. The minimum absolute atomic E-state index is 0.570. The first-order valence-corrected chi connectivity index (χ1v) is 6.27. The highest BCUT2D eigenvalue weighted by atomic mass is 35.5. The summed E-state index contributed by atoms with van der Waals surface area (Å²) < 4.78 is 0. The zero-order chi connectivity index (χ0) is 11.4. The maximum atomic E-state index is 6.03. The molecular formula is C12H18ClN3. The number of likely N-dealkylation sites (tertiary alicyclic amines) is 1. The molecule has 0 N–H and O–H groups in total. The minimum Gasteiger partial charge on any atom is -0.306 e. The van der Waals surface area contributed by atoms with E-state index in [1.807, 2.05) is 0 Å². The standard InChI is InChI=1S/C12H18ClN3/c1-16-7-2-3-10(4-8-16)9-11-12(13)15-6-5-14-11/h5-6,10H,2-4,7-9H2,1H3/t10-/m0/s1. The van der Waals surface area contributed by atoms with E-state index in [2.05, 4.69) is 21.9 Å². The van der Waals surface area contributed by atoms with Crippen LogP contribution in [0.25, 0.3) is 0 Å². The van der Waals surface area contributed by atoms with Crippen LogP contribution >= 0.6 is 11.6 Å². The molecule has 0 aliphatic carbocycles. The fourth-order valence-electron chi connectivity index (χ4n) is 2.27. The van der Waals surface area contributed by atoms with Gasteiger partial charge in [-0.05, 0) is 51.7 Å². The summed E-state index contributed by atoms with van der Waals surface area (Å²) in [6.07, 6.45) is 8.14. The molecule has 1 aliphatic heterocycles. The van der Waals surface area contributed by atoms with Gasteiger partial charge in [0, 0.05) is 12.4 Å². The van der Waals surface area contributed by atoms with Gasteiger partial charge in [0.2, 0.25) is 0 Å². The lowest BCUT2D eigenvalue weighted by molar-refractivity contribution is 0.341. The molecule has 1 atom stereocenters. The summed E-state index contributed by atoms with van der Waals surface area (Å²) >= 11 is 6.03. The monoisotopic (exact) mass is 239 g/mol. The van der Waals surface area contributed by atoms with Crippen molar-refractivity contribution in [3.05, 3.63) is 23.2 Å². The highest BCUT2D eigenvalue weighted by Crippen LogP contribution is 2.22. The van der Waals surface area contributed by atoms with Gasteiger partial charge < -0.3 is 4.90 Å². The van der Waals surface area contributed by atoms with E-state index in [1.54, 1.807) is 12.4 Å². The second-order valence-corrected chi connectivity index (χ2v) is 4.96. The zero-order valence-electron chi connectivity index (χ0n) is 9.69. The van der Waals surface area contributed by atoms with Crippen molar-refractivity contribution in [1.29, 1.82) is 0 Å². The number of hydrogen-bond acceptors (Lipinski definition) is 3. The lowest BCUT2D eigenvalue weighted by atomic mass is 9.95. The Hall–Kier alpha value is -0.670. The van der Waals surface area contributed by atoms with Crippen molar-refractivity contribution in [2.24, 2.45) is 5.92 Å². The molecule has 1 fully saturated rings. The van der Waals surface area contributed by atoms with Gasteiger partial charge in [-0.15, -0.1) is 0 Å². The molecule has 1 aliphatic rings. The summed E-state index contributed by atoms with van der Waals surface area (Å²) in [5.41, 5.74) is 0.957. The molecule has 0 unspecified atom stereocenters. The Morgan fingerprint density at radius 3 is 2.94 bits per heavy atom. The molecule has 0 amide bonds. The van der Waals surface area contributed by atoms with Gasteiger partial charge in [-0.2, -0.15) is 0 Å². The molecule has 0 spiro atoms. The third-order valence-electron chi connectivity index (χ3n) is 3.28. The van der Waals surface area contributed by atoms with Crippen molar-refractivity contribution in [2.45, 2.75) is 25.7 Å². The normalized spacial score (nSPS) is 23.0. The van der Waals surface area contributed by atoms with E-state index in [0.29, 0.717) is 11.1 Å². The van der Waals surface area contributed by atoms with E-state index < -0.39 is 0 Å². The molecule has 0 aromatic carbocycles. The summed E-state index contributed by atoms with van der Waals surface area (Å²) in [5.74, 6) is 0.708. The van der Waals surface area contributed by atoms with Gasteiger partial charge in [0.25, 0.3) is 0 Å². The van der Waals surface area contributed by atoms with Gasteiger partial charge in [-0.1, -0.05) is 11.6 Å². The second-order valence-electron chi connectivity index (χ2n) is 4.60. The number of nitrogens with zero attached hydrogens (tertiary/aromatic N) is 3. The number of hydrogen-bond donors (Lipinski definition) is 0. The van der Waals surface area contributed by atoms with Crippen molar-refractivity contribution in [3.63, 3.8) is 0 Å². The molecule has 4 heteroatoms. The molecule has 1 saturated heterocycles. The molecule has 0 saturated carbocycles. The average Bonchev–Trinajstić information content (AvgIpc) is 2.47. The van der Waals surface area contributed by atoms with Gasteiger partial charge in [0.15, 0.2) is 0 Å². The van der Waals surface area contributed by atoms with E-state index in [0.717, 1.165) is 12.1 Å². The topological polar surface area (TPSA) is 29.0 Å². The maximum Gasteiger partial charge on any atom is 0.150 e. The van der Waals surface area contributed by atoms with Crippen LogP contribution in [-0.4, -0.2) is 35.0 Å². The van der Waals surface area contributed by atoms with Crippen LogP contribution in [0.2, 0.25) is 5.15 Å². The number of halogens is 1. The Balaban J connectivity index is 1.96. The number of rotatable bonds is 2. The van der Waals surface area contributed by atoms with Gasteiger partial charge in [-0.25, -0.2) is 4.98 Å². The molecule has 1 aromatic rings. The summed E-state index contributed by atoms with van der Waals surface area (Å²) in [4.78, 5) is 10.8. The van der Waals surface area contributed by atoms with Crippen LogP contribution in [0.3, 0.4) is 0 Å². The lowest BCUT2D eigenvalue weighted by Crippen LogP contribution is -2.19. The Morgan fingerprint density at radius 1 is 1.31 bits per heavy atom. The van der Waals surface area contributed by atoms with Crippen LogP contribution in [0.1, 0.15) is 25.0 Å².